The third-order valence-electron chi connectivity index (χ3n) is 2.75. The molecule has 1 N–H and O–H groups in total. The number of carbonyl (C=O) groups is 1. The van der Waals surface area contributed by atoms with Crippen molar-refractivity contribution in [2.45, 2.75) is 38.4 Å². The Bertz CT molecular complexity index is 451. The molecule has 17 heavy (non-hydrogen) atoms. The maximum Gasteiger partial charge on any atom is 0.394 e. The Morgan fingerprint density at radius 2 is 2.12 bits per heavy atom. The van der Waals surface area contributed by atoms with E-state index >= 15 is 0 Å². The zero-order valence-electron chi connectivity index (χ0n) is 8.92. The highest BCUT2D eigenvalue weighted by Crippen LogP contribution is 2.27. The number of aromatic carboxylic acids is 1. The topological polar surface area (TPSA) is 55.1 Å². The molecule has 1 aromatic heterocycles. The first-order valence-electron chi connectivity index (χ1n) is 5.27. The van der Waals surface area contributed by atoms with Crippen molar-refractivity contribution in [2.75, 3.05) is 0 Å². The zero-order valence-corrected chi connectivity index (χ0v) is 8.92. The van der Waals surface area contributed by atoms with Crippen molar-refractivity contribution in [3.05, 3.63) is 17.0 Å². The van der Waals surface area contributed by atoms with Crippen LogP contribution in [0.25, 0.3) is 0 Å². The number of hydrogen-bond donors (Lipinski definition) is 1. The lowest BCUT2D eigenvalue weighted by Gasteiger charge is -2.13. The molecule has 7 heteroatoms. The predicted octanol–water partition coefficient (Wildman–Crippen LogP) is 2.02. The van der Waals surface area contributed by atoms with Gasteiger partial charge in [-0.05, 0) is 19.3 Å². The van der Waals surface area contributed by atoms with Crippen LogP contribution < -0.4 is 0 Å². The quantitative estimate of drug-likeness (QED) is 0.871. The average Bonchev–Trinajstić information content (AvgIpc) is 2.51. The predicted molar refractivity (Wildman–Crippen MR) is 51.9 cm³/mol. The van der Waals surface area contributed by atoms with E-state index in [2.05, 4.69) is 5.10 Å². The van der Waals surface area contributed by atoms with Gasteiger partial charge in [0.25, 0.3) is 0 Å². The summed E-state index contributed by atoms with van der Waals surface area (Å²) in [6.07, 6.45) is -3.63. The van der Waals surface area contributed by atoms with Crippen LogP contribution in [-0.4, -0.2) is 27.0 Å². The van der Waals surface area contributed by atoms with E-state index in [9.17, 15) is 18.0 Å². The van der Waals surface area contributed by atoms with E-state index in [1.165, 1.54) is 4.68 Å². The van der Waals surface area contributed by atoms with Crippen molar-refractivity contribution in [1.29, 1.82) is 0 Å². The van der Waals surface area contributed by atoms with Crippen LogP contribution in [-0.2, 0) is 19.4 Å². The summed E-state index contributed by atoms with van der Waals surface area (Å²) in [5.41, 5.74) is -0.216. The first-order valence-corrected chi connectivity index (χ1v) is 5.27. The second-order valence-corrected chi connectivity index (χ2v) is 4.05. The molecule has 2 rings (SSSR count). The van der Waals surface area contributed by atoms with E-state index in [4.69, 9.17) is 5.11 Å². The molecule has 2 heterocycles. The number of halogens is 3. The zero-order chi connectivity index (χ0) is 12.6. The van der Waals surface area contributed by atoms with Gasteiger partial charge in [0.15, 0.2) is 0 Å². The Morgan fingerprint density at radius 3 is 2.71 bits per heavy atom. The molecule has 0 spiro atoms. The highest BCUT2D eigenvalue weighted by Gasteiger charge is 2.34. The van der Waals surface area contributed by atoms with Crippen LogP contribution in [0.15, 0.2) is 0 Å². The Balaban J connectivity index is 2.44. The molecule has 1 aromatic rings. The molecule has 0 unspecified atom stereocenters. The number of nitrogens with zero attached hydrogens (tertiary/aromatic N) is 2. The molecule has 0 saturated heterocycles. The summed E-state index contributed by atoms with van der Waals surface area (Å²) in [6.45, 7) is 0.494. The summed E-state index contributed by atoms with van der Waals surface area (Å²) < 4.78 is 38.3. The lowest BCUT2D eigenvalue weighted by atomic mass is 10.0. The fourth-order valence-corrected chi connectivity index (χ4v) is 2.11. The molecule has 0 saturated carbocycles. The van der Waals surface area contributed by atoms with Crippen LogP contribution in [0.4, 0.5) is 13.2 Å². The van der Waals surface area contributed by atoms with Crippen molar-refractivity contribution in [1.82, 2.24) is 9.78 Å². The standard InChI is InChI=1S/C10H11F3N2O2/c11-10(12,13)5-6-8(9(16)17)7-3-1-2-4-15(7)14-6/h1-5H2,(H,16,17). The van der Waals surface area contributed by atoms with Gasteiger partial charge < -0.3 is 5.11 Å². The minimum Gasteiger partial charge on any atom is -0.478 e. The van der Waals surface area contributed by atoms with Gasteiger partial charge in [0.2, 0.25) is 0 Å². The van der Waals surface area contributed by atoms with Crippen molar-refractivity contribution in [3.8, 4) is 0 Å². The molecular formula is C10H11F3N2O2. The molecule has 0 fully saturated rings. The molecule has 4 nitrogen and oxygen atoms in total. The SMILES string of the molecule is O=C(O)c1c(CC(F)(F)F)nn2c1CCCC2. The minimum atomic E-state index is -4.44. The number of aryl methyl sites for hydroxylation is 1. The van der Waals surface area contributed by atoms with Crippen molar-refractivity contribution in [3.63, 3.8) is 0 Å². The summed E-state index contributed by atoms with van der Waals surface area (Å²) in [7, 11) is 0. The fraction of sp³-hybridized carbons (Fsp3) is 0.600. The van der Waals surface area contributed by atoms with E-state index in [1.54, 1.807) is 0 Å². The van der Waals surface area contributed by atoms with E-state index in [0.717, 1.165) is 12.8 Å². The highest BCUT2D eigenvalue weighted by molar-refractivity contribution is 5.90. The summed E-state index contributed by atoms with van der Waals surface area (Å²) in [6, 6.07) is 0. The van der Waals surface area contributed by atoms with Crippen LogP contribution >= 0.6 is 0 Å². The average molecular weight is 248 g/mol. The van der Waals surface area contributed by atoms with E-state index in [1.807, 2.05) is 0 Å². The Labute approximate surface area is 95.0 Å². The fourth-order valence-electron chi connectivity index (χ4n) is 2.11. The van der Waals surface area contributed by atoms with Gasteiger partial charge in [0, 0.05) is 6.54 Å². The molecule has 0 aliphatic carbocycles. The number of carboxylic acid groups (broad SMARTS) is 1. The van der Waals surface area contributed by atoms with Crippen LogP contribution in [0.5, 0.6) is 0 Å². The summed E-state index contributed by atoms with van der Waals surface area (Å²) in [5, 5.41) is 12.8. The number of hydrogen-bond acceptors (Lipinski definition) is 2. The molecule has 0 amide bonds. The molecule has 1 aliphatic heterocycles. The second kappa shape index (κ2) is 4.05. The van der Waals surface area contributed by atoms with Gasteiger partial charge in [-0.2, -0.15) is 18.3 Å². The van der Waals surface area contributed by atoms with Crippen molar-refractivity contribution in [2.24, 2.45) is 0 Å². The van der Waals surface area contributed by atoms with E-state index < -0.39 is 18.6 Å². The smallest absolute Gasteiger partial charge is 0.394 e. The minimum absolute atomic E-state index is 0.262. The highest BCUT2D eigenvalue weighted by atomic mass is 19.4. The van der Waals surface area contributed by atoms with Gasteiger partial charge in [-0.25, -0.2) is 4.79 Å². The van der Waals surface area contributed by atoms with Gasteiger partial charge in [-0.3, -0.25) is 4.68 Å². The molecule has 94 valence electrons. The van der Waals surface area contributed by atoms with Crippen LogP contribution in [0.2, 0.25) is 0 Å². The molecule has 0 atom stereocenters. The molecule has 0 bridgehead atoms. The number of rotatable bonds is 2. The lowest BCUT2D eigenvalue weighted by Crippen LogP contribution is -2.15. The van der Waals surface area contributed by atoms with E-state index in [0.29, 0.717) is 18.7 Å². The molecule has 0 radical (unpaired) electrons. The van der Waals surface area contributed by atoms with E-state index in [-0.39, 0.29) is 11.3 Å². The molecule has 0 aromatic carbocycles. The Morgan fingerprint density at radius 1 is 1.41 bits per heavy atom. The van der Waals surface area contributed by atoms with Gasteiger partial charge in [-0.15, -0.1) is 0 Å². The number of fused-ring (bicyclic) bond motifs is 1. The van der Waals surface area contributed by atoms with Crippen LogP contribution in [0.3, 0.4) is 0 Å². The summed E-state index contributed by atoms with van der Waals surface area (Å²) >= 11 is 0. The second-order valence-electron chi connectivity index (χ2n) is 4.05. The summed E-state index contributed by atoms with van der Waals surface area (Å²) in [5.74, 6) is -1.33. The Kier molecular flexibility index (Phi) is 2.84. The molecule has 1 aliphatic rings. The van der Waals surface area contributed by atoms with Crippen molar-refractivity contribution >= 4 is 5.97 Å². The number of alkyl halides is 3. The first kappa shape index (κ1) is 11.9. The van der Waals surface area contributed by atoms with Gasteiger partial charge in [-0.1, -0.05) is 0 Å². The third kappa shape index (κ3) is 2.42. The first-order chi connectivity index (χ1) is 7.88. The van der Waals surface area contributed by atoms with Gasteiger partial charge in [0.1, 0.15) is 5.56 Å². The van der Waals surface area contributed by atoms with Crippen LogP contribution in [0.1, 0.15) is 34.6 Å². The lowest BCUT2D eigenvalue weighted by molar-refractivity contribution is -0.127. The van der Waals surface area contributed by atoms with Gasteiger partial charge in [0.05, 0.1) is 17.8 Å². The Hall–Kier alpha value is -1.53. The van der Waals surface area contributed by atoms with Crippen molar-refractivity contribution < 1.29 is 23.1 Å². The largest absolute Gasteiger partial charge is 0.478 e. The monoisotopic (exact) mass is 248 g/mol. The van der Waals surface area contributed by atoms with Crippen LogP contribution in [0, 0.1) is 0 Å². The van der Waals surface area contributed by atoms with Gasteiger partial charge >= 0.3 is 12.1 Å². The third-order valence-corrected chi connectivity index (χ3v) is 2.75. The maximum atomic E-state index is 12.3. The number of carboxylic acids is 1. The normalized spacial score (nSPS) is 15.7. The molecular weight excluding hydrogens is 237 g/mol. The maximum absolute atomic E-state index is 12.3. The number of aromatic nitrogens is 2. The summed E-state index contributed by atoms with van der Waals surface area (Å²) in [4.78, 5) is 11.0.